The Balaban J connectivity index is 1.21. The molecule has 10 rings (SSSR count). The Bertz CT molecular complexity index is 3360. The van der Waals surface area contributed by atoms with E-state index >= 15 is 0 Å². The van der Waals surface area contributed by atoms with Crippen molar-refractivity contribution in [1.29, 1.82) is 15.8 Å². The third kappa shape index (κ3) is 5.12. The number of hydrogen-bond donors (Lipinski definition) is 0. The van der Waals surface area contributed by atoms with Crippen LogP contribution in [0.1, 0.15) is 16.7 Å². The summed E-state index contributed by atoms with van der Waals surface area (Å²) in [5.41, 5.74) is 13.6. The smallest absolute Gasteiger partial charge is 0.0991 e. The maximum atomic E-state index is 10.2. The van der Waals surface area contributed by atoms with Crippen molar-refractivity contribution in [3.63, 3.8) is 0 Å². The quantitative estimate of drug-likeness (QED) is 0.177. The van der Waals surface area contributed by atoms with Crippen molar-refractivity contribution in [2.45, 2.75) is 0 Å². The van der Waals surface area contributed by atoms with E-state index in [4.69, 9.17) is 0 Å². The van der Waals surface area contributed by atoms with Gasteiger partial charge in [0.05, 0.1) is 74.5 Å². The summed E-state index contributed by atoms with van der Waals surface area (Å²) in [4.78, 5) is 4.67. The minimum absolute atomic E-state index is 0.554. The molecule has 0 saturated carbocycles. The molecule has 56 heavy (non-hydrogen) atoms. The zero-order valence-corrected chi connectivity index (χ0v) is 29.8. The summed E-state index contributed by atoms with van der Waals surface area (Å²) in [5.74, 6) is 0. The van der Waals surface area contributed by atoms with Crippen molar-refractivity contribution in [2.75, 3.05) is 0 Å². The van der Waals surface area contributed by atoms with Crippen LogP contribution < -0.4 is 0 Å². The van der Waals surface area contributed by atoms with Crippen molar-refractivity contribution in [3.05, 3.63) is 187 Å². The normalized spacial score (nSPS) is 11.2. The molecule has 258 valence electrons. The lowest BCUT2D eigenvalue weighted by atomic mass is 9.99. The fraction of sp³-hybridized carbons (Fsp3) is 0. The highest BCUT2D eigenvalue weighted by atomic mass is 15.0. The lowest BCUT2D eigenvalue weighted by Gasteiger charge is -2.18. The number of nitriles is 3. The average molecular weight is 713 g/mol. The molecule has 10 aromatic rings. The molecule has 0 atom stereocenters. The number of aromatic nitrogens is 3. The van der Waals surface area contributed by atoms with Crippen molar-refractivity contribution in [2.24, 2.45) is 0 Å². The molecule has 6 heteroatoms. The van der Waals surface area contributed by atoms with Gasteiger partial charge in [0.15, 0.2) is 0 Å². The molecule has 0 saturated heterocycles. The summed E-state index contributed by atoms with van der Waals surface area (Å²) in [6.07, 6.45) is 3.71. The van der Waals surface area contributed by atoms with Gasteiger partial charge in [-0.05, 0) is 107 Å². The van der Waals surface area contributed by atoms with Gasteiger partial charge >= 0.3 is 0 Å². The predicted octanol–water partition coefficient (Wildman–Crippen LogP) is 11.9. The van der Waals surface area contributed by atoms with E-state index in [1.54, 1.807) is 0 Å². The second-order valence-corrected chi connectivity index (χ2v) is 13.8. The van der Waals surface area contributed by atoms with Crippen LogP contribution in [-0.4, -0.2) is 14.1 Å². The second-order valence-electron chi connectivity index (χ2n) is 13.8. The van der Waals surface area contributed by atoms with Crippen LogP contribution in [-0.2, 0) is 0 Å². The third-order valence-electron chi connectivity index (χ3n) is 10.7. The molecule has 0 aliphatic rings. The Labute approximate surface area is 322 Å². The van der Waals surface area contributed by atoms with Gasteiger partial charge in [-0.15, -0.1) is 0 Å². The van der Waals surface area contributed by atoms with Crippen LogP contribution in [0.25, 0.3) is 88.4 Å². The zero-order chi connectivity index (χ0) is 37.8. The van der Waals surface area contributed by atoms with E-state index in [1.165, 1.54) is 0 Å². The van der Waals surface area contributed by atoms with Gasteiger partial charge in [0, 0.05) is 38.9 Å². The first-order valence-corrected chi connectivity index (χ1v) is 18.2. The summed E-state index contributed by atoms with van der Waals surface area (Å²) < 4.78 is 4.55. The van der Waals surface area contributed by atoms with Crippen LogP contribution in [0.15, 0.2) is 170 Å². The first-order chi connectivity index (χ1) is 27.6. The fourth-order valence-electron chi connectivity index (χ4n) is 8.17. The minimum Gasteiger partial charge on any atom is -0.309 e. The molecular weight excluding hydrogens is 685 g/mol. The molecule has 7 aromatic carbocycles. The lowest BCUT2D eigenvalue weighted by molar-refractivity contribution is 1.13. The largest absolute Gasteiger partial charge is 0.309 e. The number of para-hydroxylation sites is 2. The van der Waals surface area contributed by atoms with Gasteiger partial charge in [-0.2, -0.15) is 15.8 Å². The van der Waals surface area contributed by atoms with Crippen LogP contribution >= 0.6 is 0 Å². The number of rotatable bonds is 5. The summed E-state index contributed by atoms with van der Waals surface area (Å²) >= 11 is 0. The number of nitrogens with zero attached hydrogens (tertiary/aromatic N) is 6. The van der Waals surface area contributed by atoms with Gasteiger partial charge in [-0.25, -0.2) is 0 Å². The highest BCUT2D eigenvalue weighted by Crippen LogP contribution is 2.42. The Hall–Kier alpha value is -8.24. The van der Waals surface area contributed by atoms with Crippen LogP contribution in [0, 0.1) is 34.0 Å². The maximum absolute atomic E-state index is 10.2. The van der Waals surface area contributed by atoms with Gasteiger partial charge in [0.25, 0.3) is 0 Å². The number of pyridine rings is 1. The molecule has 3 aromatic heterocycles. The third-order valence-corrected chi connectivity index (χ3v) is 10.7. The van der Waals surface area contributed by atoms with E-state index in [1.807, 2.05) is 85.2 Å². The molecule has 0 amide bonds. The molecule has 0 aliphatic carbocycles. The standard InChI is InChI=1S/C50H28N6/c51-28-32-7-5-9-35(23-32)37-16-19-48-43(26-37)39-11-1-3-13-45(39)55(48)47-18-15-34(30-53)25-42(47)41-21-22-54-31-50(41)56-46-14-4-2-12-40(46)44-27-38(17-20-49(44)56)36-10-6-8-33(24-36)29-52/h1-27,31H. The SMILES string of the molecule is N#Cc1cccc(-c2ccc3c(c2)c2ccccc2n3-c2ccc(C#N)cc2-c2ccncc2-n2c3ccccc3c3cc(-c4cccc(C#N)c4)ccc32)c1. The van der Waals surface area contributed by atoms with E-state index in [0.29, 0.717) is 16.7 Å². The summed E-state index contributed by atoms with van der Waals surface area (Å²) in [6, 6.07) is 59.9. The molecule has 0 bridgehead atoms. The van der Waals surface area contributed by atoms with Crippen molar-refractivity contribution in [1.82, 2.24) is 14.1 Å². The highest BCUT2D eigenvalue weighted by molar-refractivity contribution is 6.12. The van der Waals surface area contributed by atoms with E-state index in [9.17, 15) is 15.8 Å². The van der Waals surface area contributed by atoms with E-state index in [2.05, 4.69) is 117 Å². The van der Waals surface area contributed by atoms with Crippen molar-refractivity contribution >= 4 is 43.6 Å². The maximum Gasteiger partial charge on any atom is 0.0991 e. The average Bonchev–Trinajstić information content (AvgIpc) is 3.78. The minimum atomic E-state index is 0.554. The van der Waals surface area contributed by atoms with Crippen LogP contribution in [0.3, 0.4) is 0 Å². The molecular formula is C50H28N6. The van der Waals surface area contributed by atoms with E-state index < -0.39 is 0 Å². The van der Waals surface area contributed by atoms with Gasteiger partial charge in [-0.3, -0.25) is 4.98 Å². The Morgan fingerprint density at radius 2 is 0.875 bits per heavy atom. The molecule has 0 radical (unpaired) electrons. The molecule has 6 nitrogen and oxygen atoms in total. The first-order valence-electron chi connectivity index (χ1n) is 18.2. The first kappa shape index (κ1) is 32.4. The fourth-order valence-corrected chi connectivity index (χ4v) is 8.17. The molecule has 0 aliphatic heterocycles. The van der Waals surface area contributed by atoms with Crippen LogP contribution in [0.4, 0.5) is 0 Å². The Morgan fingerprint density at radius 1 is 0.375 bits per heavy atom. The number of benzene rings is 7. The number of fused-ring (bicyclic) bond motifs is 6. The molecule has 0 N–H and O–H groups in total. The second kappa shape index (κ2) is 13.0. The highest BCUT2D eigenvalue weighted by Gasteiger charge is 2.21. The van der Waals surface area contributed by atoms with Crippen LogP contribution in [0.2, 0.25) is 0 Å². The Morgan fingerprint density at radius 3 is 1.45 bits per heavy atom. The predicted molar refractivity (Wildman–Crippen MR) is 223 cm³/mol. The molecule has 0 unspecified atom stereocenters. The molecule has 0 spiro atoms. The topological polar surface area (TPSA) is 94.1 Å². The zero-order valence-electron chi connectivity index (χ0n) is 29.8. The van der Waals surface area contributed by atoms with Gasteiger partial charge in [-0.1, -0.05) is 72.8 Å². The molecule has 0 fully saturated rings. The van der Waals surface area contributed by atoms with Crippen LogP contribution in [0.5, 0.6) is 0 Å². The van der Waals surface area contributed by atoms with E-state index in [0.717, 1.165) is 88.4 Å². The summed E-state index contributed by atoms with van der Waals surface area (Å²) in [6.45, 7) is 0. The van der Waals surface area contributed by atoms with Crippen molar-refractivity contribution in [3.8, 4) is 63.0 Å². The summed E-state index contributed by atoms with van der Waals surface area (Å²) in [5, 5.41) is 33.7. The lowest BCUT2D eigenvalue weighted by Crippen LogP contribution is -2.02. The van der Waals surface area contributed by atoms with Gasteiger partial charge < -0.3 is 9.13 Å². The number of hydrogen-bond acceptors (Lipinski definition) is 4. The van der Waals surface area contributed by atoms with Gasteiger partial charge in [0.1, 0.15) is 0 Å². The van der Waals surface area contributed by atoms with Gasteiger partial charge in [0.2, 0.25) is 0 Å². The van der Waals surface area contributed by atoms with E-state index in [-0.39, 0.29) is 0 Å². The molecule has 3 heterocycles. The van der Waals surface area contributed by atoms with Crippen molar-refractivity contribution < 1.29 is 0 Å². The summed E-state index contributed by atoms with van der Waals surface area (Å²) in [7, 11) is 0. The monoisotopic (exact) mass is 712 g/mol. The Kier molecular flexibility index (Phi) is 7.53.